The van der Waals surface area contributed by atoms with Crippen molar-refractivity contribution in [1.82, 2.24) is 19.6 Å². The van der Waals surface area contributed by atoms with Crippen molar-refractivity contribution in [2.75, 3.05) is 13.1 Å². The number of rotatable bonds is 8. The molecule has 3 rings (SSSR count). The van der Waals surface area contributed by atoms with Gasteiger partial charge >= 0.3 is 0 Å². The first kappa shape index (κ1) is 21.4. The van der Waals surface area contributed by atoms with Crippen LogP contribution in [0.4, 0.5) is 0 Å². The SMILES string of the molecule is C=CCNS(=O)(=O)c1ccc(C(=O)NCCn2c(=O)c(C)nc3ccccc32)cc1. The Morgan fingerprint density at radius 3 is 2.57 bits per heavy atom. The zero-order chi connectivity index (χ0) is 21.7. The van der Waals surface area contributed by atoms with Gasteiger partial charge in [-0.2, -0.15) is 0 Å². The van der Waals surface area contributed by atoms with Crippen molar-refractivity contribution in [2.45, 2.75) is 18.4 Å². The van der Waals surface area contributed by atoms with E-state index in [1.54, 1.807) is 11.5 Å². The smallest absolute Gasteiger partial charge is 0.272 e. The quantitative estimate of drug-likeness (QED) is 0.532. The minimum Gasteiger partial charge on any atom is -0.350 e. The number of amides is 1. The third kappa shape index (κ3) is 4.64. The maximum absolute atomic E-state index is 12.5. The summed E-state index contributed by atoms with van der Waals surface area (Å²) in [5.41, 5.74) is 1.92. The molecule has 1 heterocycles. The number of hydrogen-bond acceptors (Lipinski definition) is 5. The highest BCUT2D eigenvalue weighted by Gasteiger charge is 2.14. The zero-order valence-electron chi connectivity index (χ0n) is 16.5. The molecule has 156 valence electrons. The topological polar surface area (TPSA) is 110 Å². The lowest BCUT2D eigenvalue weighted by Gasteiger charge is -2.12. The van der Waals surface area contributed by atoms with Crippen LogP contribution in [0.3, 0.4) is 0 Å². The summed E-state index contributed by atoms with van der Waals surface area (Å²) in [6.07, 6.45) is 1.44. The second-order valence-corrected chi connectivity index (χ2v) is 8.33. The molecule has 0 atom stereocenters. The maximum Gasteiger partial charge on any atom is 0.272 e. The van der Waals surface area contributed by atoms with Gasteiger partial charge in [-0.3, -0.25) is 9.59 Å². The average Bonchev–Trinajstić information content (AvgIpc) is 2.75. The van der Waals surface area contributed by atoms with E-state index in [1.807, 2.05) is 24.3 Å². The van der Waals surface area contributed by atoms with Crippen LogP contribution in [0.15, 0.2) is 70.9 Å². The second-order valence-electron chi connectivity index (χ2n) is 6.56. The summed E-state index contributed by atoms with van der Waals surface area (Å²) < 4.78 is 28.1. The van der Waals surface area contributed by atoms with Gasteiger partial charge in [0.15, 0.2) is 0 Å². The van der Waals surface area contributed by atoms with Gasteiger partial charge in [-0.25, -0.2) is 18.1 Å². The van der Waals surface area contributed by atoms with Gasteiger partial charge in [0.1, 0.15) is 5.69 Å². The molecule has 0 spiro atoms. The fourth-order valence-electron chi connectivity index (χ4n) is 2.96. The normalized spacial score (nSPS) is 11.4. The lowest BCUT2D eigenvalue weighted by Crippen LogP contribution is -2.32. The predicted molar refractivity (Wildman–Crippen MR) is 115 cm³/mol. The molecular formula is C21H22N4O4S. The third-order valence-electron chi connectivity index (χ3n) is 4.48. The zero-order valence-corrected chi connectivity index (χ0v) is 17.3. The Balaban J connectivity index is 1.69. The molecule has 0 aliphatic rings. The summed E-state index contributed by atoms with van der Waals surface area (Å²) >= 11 is 0. The van der Waals surface area contributed by atoms with Crippen LogP contribution in [-0.4, -0.2) is 37.0 Å². The monoisotopic (exact) mass is 426 g/mol. The first-order valence-corrected chi connectivity index (χ1v) is 10.8. The first-order chi connectivity index (χ1) is 14.3. The highest BCUT2D eigenvalue weighted by molar-refractivity contribution is 7.89. The van der Waals surface area contributed by atoms with E-state index >= 15 is 0 Å². The van der Waals surface area contributed by atoms with E-state index in [-0.39, 0.29) is 36.0 Å². The van der Waals surface area contributed by atoms with Crippen molar-refractivity contribution >= 4 is 27.0 Å². The summed E-state index contributed by atoms with van der Waals surface area (Å²) in [4.78, 5) is 29.2. The molecule has 2 aromatic carbocycles. The van der Waals surface area contributed by atoms with E-state index in [1.165, 1.54) is 30.3 Å². The van der Waals surface area contributed by atoms with E-state index in [4.69, 9.17) is 0 Å². The molecular weight excluding hydrogens is 404 g/mol. The second kappa shape index (κ2) is 9.02. The molecule has 0 fully saturated rings. The Kier molecular flexibility index (Phi) is 6.43. The van der Waals surface area contributed by atoms with Crippen LogP contribution in [0.2, 0.25) is 0 Å². The van der Waals surface area contributed by atoms with Gasteiger partial charge in [0.2, 0.25) is 10.0 Å². The Morgan fingerprint density at radius 2 is 1.87 bits per heavy atom. The number of nitrogens with one attached hydrogen (secondary N) is 2. The van der Waals surface area contributed by atoms with Crippen LogP contribution < -0.4 is 15.6 Å². The molecule has 1 amide bonds. The van der Waals surface area contributed by atoms with Gasteiger partial charge in [0.25, 0.3) is 11.5 Å². The molecule has 9 heteroatoms. The highest BCUT2D eigenvalue weighted by Crippen LogP contribution is 2.11. The van der Waals surface area contributed by atoms with Crippen LogP contribution in [-0.2, 0) is 16.6 Å². The molecule has 0 bridgehead atoms. The van der Waals surface area contributed by atoms with Crippen molar-refractivity contribution in [3.8, 4) is 0 Å². The minimum atomic E-state index is -3.64. The lowest BCUT2D eigenvalue weighted by molar-refractivity contribution is 0.0952. The molecule has 1 aromatic heterocycles. The van der Waals surface area contributed by atoms with E-state index in [9.17, 15) is 18.0 Å². The molecule has 3 aromatic rings. The summed E-state index contributed by atoms with van der Waals surface area (Å²) in [5, 5.41) is 2.75. The van der Waals surface area contributed by atoms with Crippen LogP contribution in [0.5, 0.6) is 0 Å². The van der Waals surface area contributed by atoms with Crippen molar-refractivity contribution in [1.29, 1.82) is 0 Å². The van der Waals surface area contributed by atoms with Crippen molar-refractivity contribution in [3.63, 3.8) is 0 Å². The fourth-order valence-corrected chi connectivity index (χ4v) is 3.96. The van der Waals surface area contributed by atoms with E-state index in [0.717, 1.165) is 0 Å². The van der Waals surface area contributed by atoms with E-state index in [0.29, 0.717) is 22.3 Å². The molecule has 30 heavy (non-hydrogen) atoms. The van der Waals surface area contributed by atoms with Crippen molar-refractivity contribution < 1.29 is 13.2 Å². The number of carbonyl (C=O) groups is 1. The average molecular weight is 426 g/mol. The first-order valence-electron chi connectivity index (χ1n) is 9.28. The number of sulfonamides is 1. The maximum atomic E-state index is 12.5. The summed E-state index contributed by atoms with van der Waals surface area (Å²) in [7, 11) is -3.64. The summed E-state index contributed by atoms with van der Waals surface area (Å²) in [6, 6.07) is 12.9. The summed E-state index contributed by atoms with van der Waals surface area (Å²) in [6.45, 7) is 5.76. The Hall–Kier alpha value is -3.30. The molecule has 0 aliphatic carbocycles. The minimum absolute atomic E-state index is 0.0613. The van der Waals surface area contributed by atoms with Crippen LogP contribution in [0, 0.1) is 6.92 Å². The molecule has 0 unspecified atom stereocenters. The third-order valence-corrected chi connectivity index (χ3v) is 5.92. The Bertz CT molecular complexity index is 1250. The van der Waals surface area contributed by atoms with Gasteiger partial charge in [-0.15, -0.1) is 6.58 Å². The Labute approximate surface area is 174 Å². The van der Waals surface area contributed by atoms with Crippen molar-refractivity contribution in [3.05, 3.63) is 82.8 Å². The van der Waals surface area contributed by atoms with Gasteiger partial charge < -0.3 is 9.88 Å². The van der Waals surface area contributed by atoms with Crippen molar-refractivity contribution in [2.24, 2.45) is 0 Å². The van der Waals surface area contributed by atoms with Gasteiger partial charge in [0, 0.05) is 25.2 Å². The predicted octanol–water partition coefficient (Wildman–Crippen LogP) is 1.60. The molecule has 8 nitrogen and oxygen atoms in total. The molecule has 0 saturated carbocycles. The molecule has 2 N–H and O–H groups in total. The van der Waals surface area contributed by atoms with Gasteiger partial charge in [-0.05, 0) is 43.3 Å². The number of benzene rings is 2. The van der Waals surface area contributed by atoms with Gasteiger partial charge in [0.05, 0.1) is 15.9 Å². The number of aromatic nitrogens is 2. The number of para-hydroxylation sites is 2. The fraction of sp³-hybridized carbons (Fsp3) is 0.190. The molecule has 0 aliphatic heterocycles. The van der Waals surface area contributed by atoms with E-state index < -0.39 is 10.0 Å². The molecule has 0 radical (unpaired) electrons. The lowest BCUT2D eigenvalue weighted by atomic mass is 10.2. The van der Waals surface area contributed by atoms with Crippen LogP contribution in [0.1, 0.15) is 16.1 Å². The summed E-state index contributed by atoms with van der Waals surface area (Å²) in [5.74, 6) is -0.360. The standard InChI is InChI=1S/C21H22N4O4S/c1-3-12-23-30(28,29)17-10-8-16(9-11-17)20(26)22-13-14-25-19-7-5-4-6-18(19)24-15(2)21(25)27/h3-11,23H,1,12-14H2,2H3,(H,22,26). The number of fused-ring (bicyclic) bond motifs is 1. The van der Waals surface area contributed by atoms with Crippen LogP contribution >= 0.6 is 0 Å². The number of nitrogens with zero attached hydrogens (tertiary/aromatic N) is 2. The molecule has 0 saturated heterocycles. The van der Waals surface area contributed by atoms with E-state index in [2.05, 4.69) is 21.6 Å². The van der Waals surface area contributed by atoms with Gasteiger partial charge in [-0.1, -0.05) is 18.2 Å². The van der Waals surface area contributed by atoms with Crippen LogP contribution in [0.25, 0.3) is 11.0 Å². The largest absolute Gasteiger partial charge is 0.350 e. The number of hydrogen-bond donors (Lipinski definition) is 2. The highest BCUT2D eigenvalue weighted by atomic mass is 32.2. The number of aryl methyl sites for hydroxylation is 1. The number of carbonyl (C=O) groups excluding carboxylic acids is 1. The Morgan fingerprint density at radius 1 is 1.17 bits per heavy atom.